The summed E-state index contributed by atoms with van der Waals surface area (Å²) < 4.78 is 0. The van der Waals surface area contributed by atoms with Gasteiger partial charge in [-0.1, -0.05) is 39.0 Å². The van der Waals surface area contributed by atoms with E-state index in [2.05, 4.69) is 12.2 Å². The van der Waals surface area contributed by atoms with Crippen molar-refractivity contribution in [1.29, 1.82) is 0 Å². The van der Waals surface area contributed by atoms with Crippen LogP contribution >= 0.6 is 12.4 Å². The van der Waals surface area contributed by atoms with Crippen LogP contribution in [0.15, 0.2) is 0 Å². The molecule has 0 aliphatic heterocycles. The van der Waals surface area contributed by atoms with Crippen LogP contribution in [-0.2, 0) is 4.79 Å². The van der Waals surface area contributed by atoms with Crippen LogP contribution in [0.4, 0.5) is 0 Å². The molecule has 0 heterocycles. The lowest BCUT2D eigenvalue weighted by Gasteiger charge is -2.02. The van der Waals surface area contributed by atoms with Gasteiger partial charge in [0, 0.05) is 6.54 Å². The minimum absolute atomic E-state index is 0. The lowest BCUT2D eigenvalue weighted by molar-refractivity contribution is -0.136. The van der Waals surface area contributed by atoms with Gasteiger partial charge in [-0.15, -0.1) is 12.4 Å². The van der Waals surface area contributed by atoms with Crippen LogP contribution in [0.25, 0.3) is 0 Å². The average Bonchev–Trinajstić information content (AvgIpc) is 2.15. The van der Waals surface area contributed by atoms with Crippen molar-refractivity contribution in [3.05, 3.63) is 0 Å². The zero-order valence-corrected chi connectivity index (χ0v) is 10.4. The third-order valence-corrected chi connectivity index (χ3v) is 2.22. The number of carboxylic acids is 1. The number of carboxylic acid groups (broad SMARTS) is 1. The summed E-state index contributed by atoms with van der Waals surface area (Å²) in [5, 5.41) is 11.5. The van der Waals surface area contributed by atoms with E-state index in [-0.39, 0.29) is 18.8 Å². The zero-order valence-electron chi connectivity index (χ0n) is 9.63. The second-order valence-corrected chi connectivity index (χ2v) is 3.66. The van der Waals surface area contributed by atoms with E-state index in [9.17, 15) is 4.79 Å². The molecular formula is C11H24ClNO2. The van der Waals surface area contributed by atoms with Crippen LogP contribution in [0, 0.1) is 0 Å². The van der Waals surface area contributed by atoms with Crippen LogP contribution in [0.5, 0.6) is 0 Å². The van der Waals surface area contributed by atoms with Crippen molar-refractivity contribution in [2.75, 3.05) is 13.1 Å². The molecule has 0 bridgehead atoms. The lowest BCUT2D eigenvalue weighted by atomic mass is 10.1. The molecule has 0 aromatic carbocycles. The number of unbranched alkanes of at least 4 members (excludes halogenated alkanes) is 5. The molecule has 0 saturated carbocycles. The van der Waals surface area contributed by atoms with Crippen LogP contribution < -0.4 is 5.32 Å². The Bertz CT molecular complexity index is 143. The number of halogens is 1. The Morgan fingerprint density at radius 1 is 1.07 bits per heavy atom. The van der Waals surface area contributed by atoms with E-state index >= 15 is 0 Å². The normalized spacial score (nSPS) is 9.67. The van der Waals surface area contributed by atoms with Gasteiger partial charge in [-0.05, 0) is 13.0 Å². The Morgan fingerprint density at radius 2 is 1.67 bits per heavy atom. The standard InChI is InChI=1S/C11H23NO2.ClH/c1-2-3-4-5-6-7-9-12-10-8-11(13)14;/h12H,2-10H2,1H3,(H,13,14);1H. The Morgan fingerprint density at radius 3 is 2.27 bits per heavy atom. The van der Waals surface area contributed by atoms with Crippen molar-refractivity contribution < 1.29 is 9.90 Å². The fraction of sp³-hybridized carbons (Fsp3) is 0.909. The maximum Gasteiger partial charge on any atom is 0.304 e. The first-order valence-electron chi connectivity index (χ1n) is 5.70. The molecule has 0 rings (SSSR count). The summed E-state index contributed by atoms with van der Waals surface area (Å²) in [6.45, 7) is 3.77. The van der Waals surface area contributed by atoms with Crippen LogP contribution in [-0.4, -0.2) is 24.2 Å². The van der Waals surface area contributed by atoms with E-state index in [1.165, 1.54) is 38.5 Å². The van der Waals surface area contributed by atoms with E-state index in [4.69, 9.17) is 5.11 Å². The van der Waals surface area contributed by atoms with E-state index in [0.29, 0.717) is 6.54 Å². The predicted molar refractivity (Wildman–Crippen MR) is 65.7 cm³/mol. The number of nitrogens with one attached hydrogen (secondary N) is 1. The molecule has 0 aromatic heterocycles. The number of hydrogen-bond donors (Lipinski definition) is 2. The molecule has 0 spiro atoms. The number of rotatable bonds is 10. The Labute approximate surface area is 99.0 Å². The van der Waals surface area contributed by atoms with E-state index in [1.807, 2.05) is 0 Å². The average molecular weight is 238 g/mol. The smallest absolute Gasteiger partial charge is 0.304 e. The highest BCUT2D eigenvalue weighted by Crippen LogP contribution is 2.03. The zero-order chi connectivity index (χ0) is 10.6. The van der Waals surface area contributed by atoms with Crippen molar-refractivity contribution >= 4 is 18.4 Å². The topological polar surface area (TPSA) is 49.3 Å². The lowest BCUT2D eigenvalue weighted by Crippen LogP contribution is -2.19. The van der Waals surface area contributed by atoms with E-state index in [0.717, 1.165) is 6.54 Å². The Balaban J connectivity index is 0. The molecule has 4 heteroatoms. The fourth-order valence-corrected chi connectivity index (χ4v) is 1.35. The maximum absolute atomic E-state index is 10.2. The molecule has 15 heavy (non-hydrogen) atoms. The Kier molecular flexibility index (Phi) is 15.7. The summed E-state index contributed by atoms with van der Waals surface area (Å²) in [4.78, 5) is 10.2. The molecule has 0 atom stereocenters. The molecule has 0 aliphatic rings. The van der Waals surface area contributed by atoms with Gasteiger partial charge in [0.1, 0.15) is 0 Å². The van der Waals surface area contributed by atoms with Gasteiger partial charge >= 0.3 is 5.97 Å². The first-order chi connectivity index (χ1) is 6.77. The van der Waals surface area contributed by atoms with Crippen molar-refractivity contribution in [2.24, 2.45) is 0 Å². The van der Waals surface area contributed by atoms with E-state index < -0.39 is 5.97 Å². The highest BCUT2D eigenvalue weighted by molar-refractivity contribution is 5.85. The number of carbonyl (C=O) groups is 1. The SMILES string of the molecule is CCCCCCCCNCCC(=O)O.Cl. The molecule has 0 radical (unpaired) electrons. The minimum Gasteiger partial charge on any atom is -0.481 e. The van der Waals surface area contributed by atoms with Crippen LogP contribution in [0.2, 0.25) is 0 Å². The fourth-order valence-electron chi connectivity index (χ4n) is 1.35. The highest BCUT2D eigenvalue weighted by Gasteiger charge is 1.94. The summed E-state index contributed by atoms with van der Waals surface area (Å²) in [6.07, 6.45) is 7.95. The van der Waals surface area contributed by atoms with Crippen LogP contribution in [0.3, 0.4) is 0 Å². The summed E-state index contributed by atoms with van der Waals surface area (Å²) in [7, 11) is 0. The Hall–Kier alpha value is -0.280. The van der Waals surface area contributed by atoms with Gasteiger partial charge in [-0.25, -0.2) is 0 Å². The van der Waals surface area contributed by atoms with Gasteiger partial charge in [0.2, 0.25) is 0 Å². The second-order valence-electron chi connectivity index (χ2n) is 3.66. The molecular weight excluding hydrogens is 214 g/mol. The molecule has 3 nitrogen and oxygen atoms in total. The molecule has 0 unspecified atom stereocenters. The highest BCUT2D eigenvalue weighted by atomic mass is 35.5. The second kappa shape index (κ2) is 13.7. The van der Waals surface area contributed by atoms with Crippen LogP contribution in [0.1, 0.15) is 51.9 Å². The molecule has 92 valence electrons. The molecule has 0 amide bonds. The van der Waals surface area contributed by atoms with Gasteiger partial charge in [0.25, 0.3) is 0 Å². The summed E-state index contributed by atoms with van der Waals surface area (Å²) in [5.74, 6) is -0.722. The first kappa shape index (κ1) is 17.1. The largest absolute Gasteiger partial charge is 0.481 e. The van der Waals surface area contributed by atoms with Gasteiger partial charge in [0.05, 0.1) is 6.42 Å². The first-order valence-corrected chi connectivity index (χ1v) is 5.70. The summed E-state index contributed by atoms with van der Waals surface area (Å²) >= 11 is 0. The van der Waals surface area contributed by atoms with E-state index in [1.54, 1.807) is 0 Å². The monoisotopic (exact) mass is 237 g/mol. The molecule has 0 aromatic rings. The van der Waals surface area contributed by atoms with Gasteiger partial charge in [-0.2, -0.15) is 0 Å². The molecule has 0 aliphatic carbocycles. The minimum atomic E-state index is -0.722. The third-order valence-electron chi connectivity index (χ3n) is 2.22. The number of hydrogen-bond acceptors (Lipinski definition) is 2. The van der Waals surface area contributed by atoms with Crippen molar-refractivity contribution in [3.8, 4) is 0 Å². The summed E-state index contributed by atoms with van der Waals surface area (Å²) in [6, 6.07) is 0. The molecule has 0 fully saturated rings. The van der Waals surface area contributed by atoms with Gasteiger partial charge in [-0.3, -0.25) is 4.79 Å². The summed E-state index contributed by atoms with van der Waals surface area (Å²) in [5.41, 5.74) is 0. The van der Waals surface area contributed by atoms with Crippen molar-refractivity contribution in [3.63, 3.8) is 0 Å². The molecule has 0 saturated heterocycles. The van der Waals surface area contributed by atoms with Crippen molar-refractivity contribution in [2.45, 2.75) is 51.9 Å². The number of aliphatic carboxylic acids is 1. The van der Waals surface area contributed by atoms with Gasteiger partial charge < -0.3 is 10.4 Å². The molecule has 2 N–H and O–H groups in total. The maximum atomic E-state index is 10.2. The predicted octanol–water partition coefficient (Wildman–Crippen LogP) is 2.83. The quantitative estimate of drug-likeness (QED) is 0.575. The van der Waals surface area contributed by atoms with Gasteiger partial charge in [0.15, 0.2) is 0 Å². The van der Waals surface area contributed by atoms with Crippen molar-refractivity contribution in [1.82, 2.24) is 5.32 Å². The third kappa shape index (κ3) is 16.4.